The molecule has 2 aliphatic rings. The van der Waals surface area contributed by atoms with Gasteiger partial charge < -0.3 is 15.5 Å². The third-order valence-electron chi connectivity index (χ3n) is 7.71. The average Bonchev–Trinajstić information content (AvgIpc) is 2.86. The number of benzene rings is 2. The minimum atomic E-state index is -4.29. The van der Waals surface area contributed by atoms with Gasteiger partial charge in [-0.3, -0.25) is 9.69 Å². The van der Waals surface area contributed by atoms with Crippen LogP contribution >= 0.6 is 0 Å². The van der Waals surface area contributed by atoms with Gasteiger partial charge in [-0.05, 0) is 68.5 Å². The molecule has 202 valence electrons. The highest BCUT2D eigenvalue weighted by Gasteiger charge is 2.48. The molecule has 0 bridgehead atoms. The van der Waals surface area contributed by atoms with Crippen molar-refractivity contribution in [3.05, 3.63) is 70.5 Å². The summed E-state index contributed by atoms with van der Waals surface area (Å²) in [5, 5.41) is 6.36. The van der Waals surface area contributed by atoms with Crippen LogP contribution in [0.3, 0.4) is 0 Å². The molecule has 2 aromatic rings. The molecule has 37 heavy (non-hydrogen) atoms. The summed E-state index contributed by atoms with van der Waals surface area (Å²) in [5.41, 5.74) is 3.29. The predicted octanol–water partition coefficient (Wildman–Crippen LogP) is 3.79. The highest BCUT2D eigenvalue weighted by atomic mass is 19.4. The Kier molecular flexibility index (Phi) is 8.56. The van der Waals surface area contributed by atoms with E-state index in [1.165, 1.54) is 12.1 Å². The van der Waals surface area contributed by atoms with Crippen molar-refractivity contribution in [1.29, 1.82) is 0 Å². The number of nitrogens with zero attached hydrogens (tertiary/aromatic N) is 2. The summed E-state index contributed by atoms with van der Waals surface area (Å²) in [7, 11) is 1.83. The molecule has 2 heterocycles. The Morgan fingerprint density at radius 3 is 2.41 bits per heavy atom. The second-order valence-electron chi connectivity index (χ2n) is 10.2. The van der Waals surface area contributed by atoms with Crippen molar-refractivity contribution in [3.8, 4) is 0 Å². The van der Waals surface area contributed by atoms with Crippen LogP contribution in [0.25, 0.3) is 0 Å². The normalized spacial score (nSPS) is 18.6. The van der Waals surface area contributed by atoms with Crippen LogP contribution in [-0.2, 0) is 23.2 Å². The first-order valence-electron chi connectivity index (χ1n) is 12.9. The molecule has 2 N–H and O–H groups in total. The van der Waals surface area contributed by atoms with Gasteiger partial charge in [0, 0.05) is 32.7 Å². The van der Waals surface area contributed by atoms with Gasteiger partial charge in [-0.25, -0.2) is 4.39 Å². The first-order valence-corrected chi connectivity index (χ1v) is 12.9. The zero-order valence-corrected chi connectivity index (χ0v) is 21.5. The van der Waals surface area contributed by atoms with E-state index in [-0.39, 0.29) is 11.7 Å². The largest absolute Gasteiger partial charge is 0.401 e. The zero-order valence-electron chi connectivity index (χ0n) is 21.5. The Labute approximate surface area is 216 Å². The van der Waals surface area contributed by atoms with E-state index in [2.05, 4.69) is 16.7 Å². The van der Waals surface area contributed by atoms with Crippen LogP contribution in [0.15, 0.2) is 42.5 Å². The quantitative estimate of drug-likeness (QED) is 0.411. The minimum absolute atomic E-state index is 0.0717. The van der Waals surface area contributed by atoms with E-state index < -0.39 is 24.3 Å². The fourth-order valence-corrected chi connectivity index (χ4v) is 5.85. The number of aryl methyl sites for hydroxylation is 1. The van der Waals surface area contributed by atoms with Crippen LogP contribution in [0.1, 0.15) is 35.1 Å². The van der Waals surface area contributed by atoms with Gasteiger partial charge in [0.25, 0.3) is 0 Å². The lowest BCUT2D eigenvalue weighted by molar-refractivity contribution is -0.168. The number of hydrogen-bond donors (Lipinski definition) is 2. The fraction of sp³-hybridized carbons (Fsp3) is 0.536. The maximum Gasteiger partial charge on any atom is 0.401 e. The van der Waals surface area contributed by atoms with Crippen molar-refractivity contribution in [2.75, 3.05) is 46.3 Å². The minimum Gasteiger partial charge on any atom is -0.341 e. The van der Waals surface area contributed by atoms with Crippen molar-refractivity contribution < 1.29 is 22.4 Å². The molecule has 9 heteroatoms. The highest BCUT2D eigenvalue weighted by molar-refractivity contribution is 5.82. The first-order chi connectivity index (χ1) is 17.6. The number of carbonyl (C=O) groups is 1. The third-order valence-corrected chi connectivity index (χ3v) is 7.71. The first kappa shape index (κ1) is 27.5. The van der Waals surface area contributed by atoms with Gasteiger partial charge in [0.2, 0.25) is 5.91 Å². The molecule has 0 unspecified atom stereocenters. The Bertz CT molecular complexity index is 1060. The number of likely N-dealkylation sites (N-methyl/N-ethyl adjacent to an activating group) is 1. The number of rotatable bonds is 8. The molecule has 2 aromatic carbocycles. The van der Waals surface area contributed by atoms with Gasteiger partial charge in [-0.1, -0.05) is 35.9 Å². The van der Waals surface area contributed by atoms with Gasteiger partial charge in [-0.15, -0.1) is 0 Å². The molecule has 1 saturated heterocycles. The maximum atomic E-state index is 13.6. The second kappa shape index (κ2) is 11.5. The van der Waals surface area contributed by atoms with Gasteiger partial charge in [0.15, 0.2) is 0 Å². The molecule has 5 nitrogen and oxygen atoms in total. The highest BCUT2D eigenvalue weighted by Crippen LogP contribution is 2.45. The van der Waals surface area contributed by atoms with Gasteiger partial charge in [0.1, 0.15) is 5.82 Å². The third kappa shape index (κ3) is 6.51. The van der Waals surface area contributed by atoms with Crippen LogP contribution in [0, 0.1) is 12.7 Å². The molecule has 1 fully saturated rings. The molecule has 0 saturated carbocycles. The molecule has 1 amide bonds. The van der Waals surface area contributed by atoms with E-state index in [1.54, 1.807) is 21.9 Å². The Morgan fingerprint density at radius 2 is 1.76 bits per heavy atom. The summed E-state index contributed by atoms with van der Waals surface area (Å²) in [6.07, 6.45) is -2.39. The molecule has 4 rings (SSSR count). The summed E-state index contributed by atoms with van der Waals surface area (Å²) in [6, 6.07) is 11.7. The van der Waals surface area contributed by atoms with E-state index in [0.29, 0.717) is 58.4 Å². The van der Waals surface area contributed by atoms with Crippen molar-refractivity contribution >= 4 is 5.91 Å². The van der Waals surface area contributed by atoms with Crippen LogP contribution in [0.4, 0.5) is 17.6 Å². The van der Waals surface area contributed by atoms with Crippen LogP contribution in [0.2, 0.25) is 0 Å². The number of hydrogen-bond acceptors (Lipinski definition) is 4. The van der Waals surface area contributed by atoms with Crippen LogP contribution in [-0.4, -0.2) is 74.2 Å². The van der Waals surface area contributed by atoms with Crippen molar-refractivity contribution in [2.24, 2.45) is 0 Å². The standard InChI is InChI=1S/C28H36F4N4O/c1-20-3-8-24-22(17-20)9-14-36(19-28(30,31)32)27(24)10-15-35(16-11-27)26(37)25(34-13-12-33-2)18-21-4-6-23(29)7-5-21/h3-8,17,25,33-34H,9-16,18-19H2,1-2H3/t25-/m1/s1. The number of alkyl halides is 3. The molecule has 1 spiro atoms. The zero-order chi connectivity index (χ0) is 26.6. The SMILES string of the molecule is CNCCN[C@H](Cc1ccc(F)cc1)C(=O)N1CCC2(CC1)c1ccc(C)cc1CCN2CC(F)(F)F. The molecule has 0 radical (unpaired) electrons. The predicted molar refractivity (Wildman–Crippen MR) is 136 cm³/mol. The van der Waals surface area contributed by atoms with E-state index in [0.717, 1.165) is 22.3 Å². The van der Waals surface area contributed by atoms with E-state index in [1.807, 2.05) is 26.1 Å². The van der Waals surface area contributed by atoms with Gasteiger partial charge >= 0.3 is 6.18 Å². The molecular weight excluding hydrogens is 484 g/mol. The number of likely N-dealkylation sites (tertiary alicyclic amines) is 1. The molecule has 0 aromatic heterocycles. The number of nitrogens with one attached hydrogen (secondary N) is 2. The Hall–Kier alpha value is -2.49. The lowest BCUT2D eigenvalue weighted by Gasteiger charge is -2.52. The van der Waals surface area contributed by atoms with Crippen LogP contribution in [0.5, 0.6) is 0 Å². The summed E-state index contributed by atoms with van der Waals surface area (Å²) in [5.74, 6) is -0.403. The van der Waals surface area contributed by atoms with Crippen molar-refractivity contribution in [1.82, 2.24) is 20.4 Å². The average molecular weight is 521 g/mol. The second-order valence-corrected chi connectivity index (χ2v) is 10.2. The molecule has 2 aliphatic heterocycles. The fourth-order valence-electron chi connectivity index (χ4n) is 5.85. The van der Waals surface area contributed by atoms with Crippen molar-refractivity contribution in [3.63, 3.8) is 0 Å². The maximum absolute atomic E-state index is 13.6. The lowest BCUT2D eigenvalue weighted by Crippen LogP contribution is -2.60. The number of fused-ring (bicyclic) bond motifs is 2. The van der Waals surface area contributed by atoms with E-state index >= 15 is 0 Å². The molecule has 1 atom stereocenters. The van der Waals surface area contributed by atoms with Gasteiger partial charge in [0.05, 0.1) is 18.1 Å². The van der Waals surface area contributed by atoms with E-state index in [9.17, 15) is 22.4 Å². The Balaban J connectivity index is 1.53. The number of halogens is 4. The van der Waals surface area contributed by atoms with Crippen molar-refractivity contribution in [2.45, 2.75) is 50.4 Å². The summed E-state index contributed by atoms with van der Waals surface area (Å²) in [4.78, 5) is 17.0. The molecule has 0 aliphatic carbocycles. The summed E-state index contributed by atoms with van der Waals surface area (Å²) < 4.78 is 54.1. The lowest BCUT2D eigenvalue weighted by atomic mass is 9.73. The number of piperidine rings is 1. The molecular formula is C28H36F4N4O. The smallest absolute Gasteiger partial charge is 0.341 e. The number of carbonyl (C=O) groups excluding carboxylic acids is 1. The topological polar surface area (TPSA) is 47.6 Å². The number of amides is 1. The summed E-state index contributed by atoms with van der Waals surface area (Å²) >= 11 is 0. The summed E-state index contributed by atoms with van der Waals surface area (Å²) in [6.45, 7) is 3.42. The monoisotopic (exact) mass is 520 g/mol. The van der Waals surface area contributed by atoms with E-state index in [4.69, 9.17) is 0 Å². The van der Waals surface area contributed by atoms with Gasteiger partial charge in [-0.2, -0.15) is 13.2 Å². The Morgan fingerprint density at radius 1 is 1.05 bits per heavy atom. The van der Waals surface area contributed by atoms with Crippen LogP contribution < -0.4 is 10.6 Å².